The normalized spacial score (nSPS) is 14.1. The number of rotatable bonds is 14. The van der Waals surface area contributed by atoms with Crippen LogP contribution < -0.4 is 0 Å². The molecule has 0 bridgehead atoms. The number of ether oxygens (including phenoxy) is 1. The van der Waals surface area contributed by atoms with Gasteiger partial charge >= 0.3 is 5.97 Å². The summed E-state index contributed by atoms with van der Waals surface area (Å²) in [6.45, 7) is 2.14. The average Bonchev–Trinajstić information content (AvgIpc) is 2.65. The first-order valence-corrected chi connectivity index (χ1v) is 9.38. The number of hydrogen-bond acceptors (Lipinski definition) is 3. The molecule has 0 aliphatic heterocycles. The molecule has 0 rings (SSSR count). The van der Waals surface area contributed by atoms with Crippen LogP contribution in [0.1, 0.15) is 51.9 Å². The molecular weight excluding hydrogens is 324 g/mol. The number of carbonyl (C=O) groups excluding carboxylic acids is 1. The molecule has 3 nitrogen and oxygen atoms in total. The van der Waals surface area contributed by atoms with E-state index < -0.39 is 6.10 Å². The largest absolute Gasteiger partial charge is 0.469 e. The predicted octanol–water partition coefficient (Wildman–Crippen LogP) is 5.61. The van der Waals surface area contributed by atoms with Crippen molar-refractivity contribution in [3.63, 3.8) is 0 Å². The van der Waals surface area contributed by atoms with E-state index in [0.717, 1.165) is 25.7 Å². The first kappa shape index (κ1) is 23.9. The van der Waals surface area contributed by atoms with Gasteiger partial charge < -0.3 is 9.84 Å². The molecule has 0 aliphatic carbocycles. The zero-order valence-corrected chi connectivity index (χ0v) is 16.2. The Morgan fingerprint density at radius 1 is 0.885 bits per heavy atom. The Hall–Kier alpha value is -2.13. The number of esters is 1. The summed E-state index contributed by atoms with van der Waals surface area (Å²) in [5.74, 6) is -0.210. The Labute approximate surface area is 159 Å². The zero-order chi connectivity index (χ0) is 19.3. The number of aliphatic hydroxyl groups is 1. The van der Waals surface area contributed by atoms with Crippen molar-refractivity contribution >= 4 is 5.97 Å². The lowest BCUT2D eigenvalue weighted by atomic mass is 10.2. The molecule has 0 fully saturated rings. The highest BCUT2D eigenvalue weighted by Crippen LogP contribution is 1.99. The van der Waals surface area contributed by atoms with E-state index in [2.05, 4.69) is 54.2 Å². The highest BCUT2D eigenvalue weighted by atomic mass is 16.5. The molecule has 144 valence electrons. The Balaban J connectivity index is 3.72. The van der Waals surface area contributed by atoms with E-state index in [1.165, 1.54) is 7.11 Å². The monoisotopic (exact) mass is 358 g/mol. The first-order valence-electron chi connectivity index (χ1n) is 9.38. The molecule has 3 heteroatoms. The maximum absolute atomic E-state index is 10.9. The van der Waals surface area contributed by atoms with Crippen molar-refractivity contribution in [2.75, 3.05) is 7.11 Å². The molecule has 1 unspecified atom stereocenters. The summed E-state index contributed by atoms with van der Waals surface area (Å²) < 4.78 is 4.56. The predicted molar refractivity (Wildman–Crippen MR) is 111 cm³/mol. The van der Waals surface area contributed by atoms with Crippen LogP contribution in [-0.4, -0.2) is 24.3 Å². The van der Waals surface area contributed by atoms with Gasteiger partial charge in [-0.1, -0.05) is 79.8 Å². The number of allylic oxidation sites excluding steroid dienone is 10. The fraction of sp³-hybridized carbons (Fsp3) is 0.435. The molecule has 0 aromatic heterocycles. The number of methoxy groups -OCH3 is 1. The Morgan fingerprint density at radius 2 is 1.46 bits per heavy atom. The lowest BCUT2D eigenvalue weighted by Gasteiger charge is -1.98. The standard InChI is InChI=1S/C23H34O3/c1-3-4-5-6-7-8-9-10-11-12-13-16-19-22(24)20-17-14-15-18-21-23(25)26-2/h4-5,7-8,10-11,13-17,20,22,24H,3,6,9,12,18-19,21H2,1-2H3/b5-4-,8-7-,11-10-,15-14+,16-13-,20-17+. The summed E-state index contributed by atoms with van der Waals surface area (Å²) in [5.41, 5.74) is 0. The highest BCUT2D eigenvalue weighted by Gasteiger charge is 1.95. The highest BCUT2D eigenvalue weighted by molar-refractivity contribution is 5.69. The minimum absolute atomic E-state index is 0.210. The van der Waals surface area contributed by atoms with E-state index in [1.807, 2.05) is 18.2 Å². The topological polar surface area (TPSA) is 46.5 Å². The third-order valence-electron chi connectivity index (χ3n) is 3.42. The maximum atomic E-state index is 10.9. The number of carbonyl (C=O) groups is 1. The van der Waals surface area contributed by atoms with Gasteiger partial charge in [-0.25, -0.2) is 0 Å². The smallest absolute Gasteiger partial charge is 0.305 e. The summed E-state index contributed by atoms with van der Waals surface area (Å²) in [4.78, 5) is 10.9. The quantitative estimate of drug-likeness (QED) is 0.249. The van der Waals surface area contributed by atoms with Gasteiger partial charge in [-0.15, -0.1) is 0 Å². The summed E-state index contributed by atoms with van der Waals surface area (Å²) in [6.07, 6.45) is 29.4. The van der Waals surface area contributed by atoms with Crippen LogP contribution in [0.3, 0.4) is 0 Å². The molecule has 1 N–H and O–H groups in total. The van der Waals surface area contributed by atoms with Crippen molar-refractivity contribution in [1.82, 2.24) is 0 Å². The van der Waals surface area contributed by atoms with Crippen LogP contribution in [0, 0.1) is 0 Å². The van der Waals surface area contributed by atoms with Gasteiger partial charge in [0.25, 0.3) is 0 Å². The van der Waals surface area contributed by atoms with Gasteiger partial charge in [-0.2, -0.15) is 0 Å². The van der Waals surface area contributed by atoms with Gasteiger partial charge in [-0.3, -0.25) is 4.79 Å². The molecule has 0 spiro atoms. The maximum Gasteiger partial charge on any atom is 0.305 e. The first-order chi connectivity index (χ1) is 12.7. The van der Waals surface area contributed by atoms with Gasteiger partial charge in [0, 0.05) is 6.42 Å². The van der Waals surface area contributed by atoms with Crippen molar-refractivity contribution in [2.24, 2.45) is 0 Å². The molecule has 0 aromatic carbocycles. The fourth-order valence-electron chi connectivity index (χ4n) is 1.96. The van der Waals surface area contributed by atoms with Crippen molar-refractivity contribution in [1.29, 1.82) is 0 Å². The molecule has 0 heterocycles. The van der Waals surface area contributed by atoms with Crippen LogP contribution >= 0.6 is 0 Å². The van der Waals surface area contributed by atoms with E-state index in [9.17, 15) is 9.90 Å². The third kappa shape index (κ3) is 18.2. The van der Waals surface area contributed by atoms with Crippen LogP contribution in [0.25, 0.3) is 0 Å². The van der Waals surface area contributed by atoms with Crippen molar-refractivity contribution in [3.8, 4) is 0 Å². The zero-order valence-electron chi connectivity index (χ0n) is 16.2. The summed E-state index contributed by atoms with van der Waals surface area (Å²) in [6, 6.07) is 0. The Bertz CT molecular complexity index is 508. The molecule has 0 saturated heterocycles. The number of aliphatic hydroxyl groups excluding tert-OH is 1. The molecular formula is C23H34O3. The van der Waals surface area contributed by atoms with Crippen molar-refractivity contribution in [2.45, 2.75) is 58.0 Å². The van der Waals surface area contributed by atoms with E-state index >= 15 is 0 Å². The second-order valence-corrected chi connectivity index (χ2v) is 5.73. The van der Waals surface area contributed by atoms with E-state index in [0.29, 0.717) is 19.3 Å². The summed E-state index contributed by atoms with van der Waals surface area (Å²) >= 11 is 0. The second kappa shape index (κ2) is 19.2. The lowest BCUT2D eigenvalue weighted by molar-refractivity contribution is -0.140. The van der Waals surface area contributed by atoms with E-state index in [1.54, 1.807) is 12.2 Å². The van der Waals surface area contributed by atoms with Crippen LogP contribution in [0.5, 0.6) is 0 Å². The minimum atomic E-state index is -0.486. The SMILES string of the molecule is CC/C=C\C/C=C\C/C=C\C/C=C\CC(O)/C=C/C=C/CCC(=O)OC. The van der Waals surface area contributed by atoms with Crippen LogP contribution in [-0.2, 0) is 9.53 Å². The van der Waals surface area contributed by atoms with Crippen molar-refractivity contribution < 1.29 is 14.6 Å². The van der Waals surface area contributed by atoms with Crippen LogP contribution in [0.2, 0.25) is 0 Å². The van der Waals surface area contributed by atoms with E-state index in [-0.39, 0.29) is 5.97 Å². The molecule has 1 atom stereocenters. The van der Waals surface area contributed by atoms with E-state index in [4.69, 9.17) is 0 Å². The fourth-order valence-corrected chi connectivity index (χ4v) is 1.96. The average molecular weight is 359 g/mol. The summed E-state index contributed by atoms with van der Waals surface area (Å²) in [7, 11) is 1.39. The second-order valence-electron chi connectivity index (χ2n) is 5.73. The van der Waals surface area contributed by atoms with Crippen LogP contribution in [0.15, 0.2) is 72.9 Å². The van der Waals surface area contributed by atoms with Gasteiger partial charge in [0.15, 0.2) is 0 Å². The lowest BCUT2D eigenvalue weighted by Crippen LogP contribution is -1.98. The molecule has 26 heavy (non-hydrogen) atoms. The Kier molecular flexibility index (Phi) is 17.6. The molecule has 0 saturated carbocycles. The Morgan fingerprint density at radius 3 is 2.04 bits per heavy atom. The number of hydrogen-bond donors (Lipinski definition) is 1. The molecule has 0 amide bonds. The molecule has 0 aliphatic rings. The van der Waals surface area contributed by atoms with Gasteiger partial charge in [0.1, 0.15) is 0 Å². The van der Waals surface area contributed by atoms with Crippen molar-refractivity contribution in [3.05, 3.63) is 72.9 Å². The minimum Gasteiger partial charge on any atom is -0.469 e. The van der Waals surface area contributed by atoms with Gasteiger partial charge in [-0.05, 0) is 38.5 Å². The van der Waals surface area contributed by atoms with Crippen LogP contribution in [0.4, 0.5) is 0 Å². The summed E-state index contributed by atoms with van der Waals surface area (Å²) in [5, 5.41) is 9.81. The third-order valence-corrected chi connectivity index (χ3v) is 3.42. The molecule has 0 aromatic rings. The van der Waals surface area contributed by atoms with Gasteiger partial charge in [0.05, 0.1) is 13.2 Å². The van der Waals surface area contributed by atoms with Gasteiger partial charge in [0.2, 0.25) is 0 Å². The molecule has 0 radical (unpaired) electrons.